The lowest BCUT2D eigenvalue weighted by Crippen LogP contribution is -2.40. The Hall–Kier alpha value is -0.850. The molecule has 0 aromatic heterocycles. The van der Waals surface area contributed by atoms with Gasteiger partial charge in [-0.05, 0) is 36.8 Å². The van der Waals surface area contributed by atoms with Crippen LogP contribution in [-0.4, -0.2) is 19.0 Å². The third-order valence-electron chi connectivity index (χ3n) is 3.47. The fourth-order valence-electron chi connectivity index (χ4n) is 2.21. The zero-order valence-corrected chi connectivity index (χ0v) is 13.1. The van der Waals surface area contributed by atoms with Crippen LogP contribution in [0.5, 0.6) is 0 Å². The molecular weight excluding hydrogens is 356 g/mol. The van der Waals surface area contributed by atoms with E-state index in [1.54, 1.807) is 6.07 Å². The molecule has 104 valence electrons. The van der Waals surface area contributed by atoms with E-state index in [1.807, 2.05) is 12.1 Å². The highest BCUT2D eigenvalue weighted by Crippen LogP contribution is 2.40. The van der Waals surface area contributed by atoms with Crippen molar-refractivity contribution in [3.05, 3.63) is 35.1 Å². The lowest BCUT2D eigenvalue weighted by Gasteiger charge is -2.16. The molecule has 1 aromatic carbocycles. The van der Waals surface area contributed by atoms with Gasteiger partial charge in [0.25, 0.3) is 0 Å². The second kappa shape index (κ2) is 6.54. The second-order valence-electron chi connectivity index (χ2n) is 4.99. The predicted molar refractivity (Wildman–Crippen MR) is 85.6 cm³/mol. The van der Waals surface area contributed by atoms with Crippen LogP contribution in [-0.2, 0) is 6.54 Å². The molecule has 3 nitrogen and oxygen atoms in total. The van der Waals surface area contributed by atoms with E-state index in [0.717, 1.165) is 31.0 Å². The normalized spacial score (nSPS) is 18.1. The number of aliphatic imine (C=N–C) groups is 1. The maximum absolute atomic E-state index is 13.9. The summed E-state index contributed by atoms with van der Waals surface area (Å²) in [5.41, 5.74) is 1.85. The molecule has 0 radical (unpaired) electrons. The Kier molecular flexibility index (Phi) is 5.01. The van der Waals surface area contributed by atoms with Gasteiger partial charge >= 0.3 is 0 Å². The minimum absolute atomic E-state index is 0. The van der Waals surface area contributed by atoms with Crippen molar-refractivity contribution in [2.75, 3.05) is 13.1 Å². The SMILES string of the molecule is Fc1cc(C2CC2)ccc1CNC1=NCCCN1.I. The third kappa shape index (κ3) is 3.81. The van der Waals surface area contributed by atoms with Gasteiger partial charge in [0.2, 0.25) is 0 Å². The first kappa shape index (κ1) is 14.6. The highest BCUT2D eigenvalue weighted by atomic mass is 127. The topological polar surface area (TPSA) is 36.4 Å². The van der Waals surface area contributed by atoms with Crippen LogP contribution in [0.3, 0.4) is 0 Å². The predicted octanol–water partition coefficient (Wildman–Crippen LogP) is 2.76. The maximum Gasteiger partial charge on any atom is 0.191 e. The molecule has 3 rings (SSSR count). The van der Waals surface area contributed by atoms with E-state index in [9.17, 15) is 4.39 Å². The number of nitrogens with one attached hydrogen (secondary N) is 2. The number of rotatable bonds is 3. The molecule has 19 heavy (non-hydrogen) atoms. The smallest absolute Gasteiger partial charge is 0.191 e. The van der Waals surface area contributed by atoms with E-state index in [2.05, 4.69) is 15.6 Å². The minimum Gasteiger partial charge on any atom is -0.356 e. The van der Waals surface area contributed by atoms with E-state index in [-0.39, 0.29) is 29.8 Å². The number of benzene rings is 1. The minimum atomic E-state index is -0.108. The van der Waals surface area contributed by atoms with Gasteiger partial charge in [0, 0.05) is 25.2 Å². The second-order valence-corrected chi connectivity index (χ2v) is 4.99. The summed E-state index contributed by atoms with van der Waals surface area (Å²) in [7, 11) is 0. The molecule has 0 unspecified atom stereocenters. The van der Waals surface area contributed by atoms with Gasteiger partial charge in [-0.1, -0.05) is 12.1 Å². The molecule has 0 spiro atoms. The summed E-state index contributed by atoms with van der Waals surface area (Å²) < 4.78 is 13.9. The van der Waals surface area contributed by atoms with E-state index >= 15 is 0 Å². The van der Waals surface area contributed by atoms with Crippen molar-refractivity contribution >= 4 is 29.9 Å². The van der Waals surface area contributed by atoms with E-state index in [4.69, 9.17) is 0 Å². The summed E-state index contributed by atoms with van der Waals surface area (Å²) >= 11 is 0. The summed E-state index contributed by atoms with van der Waals surface area (Å²) in [4.78, 5) is 4.30. The van der Waals surface area contributed by atoms with Crippen LogP contribution >= 0.6 is 24.0 Å². The van der Waals surface area contributed by atoms with Gasteiger partial charge in [0.05, 0.1) is 0 Å². The van der Waals surface area contributed by atoms with Crippen LogP contribution in [0.15, 0.2) is 23.2 Å². The molecule has 0 bridgehead atoms. The van der Waals surface area contributed by atoms with Gasteiger partial charge in [-0.25, -0.2) is 4.39 Å². The average Bonchev–Trinajstić information content (AvgIpc) is 3.23. The Morgan fingerprint density at radius 3 is 2.84 bits per heavy atom. The fourth-order valence-corrected chi connectivity index (χ4v) is 2.21. The molecule has 0 saturated heterocycles. The van der Waals surface area contributed by atoms with E-state index in [1.165, 1.54) is 12.8 Å². The first-order chi connectivity index (χ1) is 8.83. The van der Waals surface area contributed by atoms with Gasteiger partial charge in [0.1, 0.15) is 5.82 Å². The lowest BCUT2D eigenvalue weighted by molar-refractivity contribution is 0.600. The molecule has 5 heteroatoms. The van der Waals surface area contributed by atoms with Crippen LogP contribution in [0.2, 0.25) is 0 Å². The monoisotopic (exact) mass is 375 g/mol. The fraction of sp³-hybridized carbons (Fsp3) is 0.500. The molecule has 1 fully saturated rings. The first-order valence-corrected chi connectivity index (χ1v) is 6.63. The van der Waals surface area contributed by atoms with E-state index in [0.29, 0.717) is 18.0 Å². The van der Waals surface area contributed by atoms with E-state index < -0.39 is 0 Å². The Labute approximate surface area is 130 Å². The zero-order valence-electron chi connectivity index (χ0n) is 10.8. The summed E-state index contributed by atoms with van der Waals surface area (Å²) in [5.74, 6) is 1.28. The van der Waals surface area contributed by atoms with Crippen LogP contribution < -0.4 is 10.6 Å². The van der Waals surface area contributed by atoms with Crippen molar-refractivity contribution in [3.8, 4) is 0 Å². The average molecular weight is 375 g/mol. The Balaban J connectivity index is 0.00000133. The molecule has 0 atom stereocenters. The summed E-state index contributed by atoms with van der Waals surface area (Å²) in [6, 6.07) is 5.62. The Morgan fingerprint density at radius 2 is 2.21 bits per heavy atom. The Bertz CT molecular complexity index is 472. The third-order valence-corrected chi connectivity index (χ3v) is 3.47. The molecule has 2 aliphatic rings. The largest absolute Gasteiger partial charge is 0.356 e. The van der Waals surface area contributed by atoms with Gasteiger partial charge in [-0.3, -0.25) is 4.99 Å². The highest BCUT2D eigenvalue weighted by Gasteiger charge is 2.24. The van der Waals surface area contributed by atoms with Crippen molar-refractivity contribution in [1.82, 2.24) is 10.6 Å². The van der Waals surface area contributed by atoms with Gasteiger partial charge in [-0.2, -0.15) is 0 Å². The van der Waals surface area contributed by atoms with Crippen LogP contribution in [0.1, 0.15) is 36.3 Å². The number of nitrogens with zero attached hydrogens (tertiary/aromatic N) is 1. The molecule has 1 aliphatic carbocycles. The van der Waals surface area contributed by atoms with Crippen molar-refractivity contribution < 1.29 is 4.39 Å². The molecule has 1 heterocycles. The molecular formula is C14H19FIN3. The van der Waals surface area contributed by atoms with Crippen molar-refractivity contribution in [2.45, 2.75) is 31.7 Å². The number of halogens is 2. The first-order valence-electron chi connectivity index (χ1n) is 6.63. The molecule has 1 saturated carbocycles. The van der Waals surface area contributed by atoms with Crippen LogP contribution in [0.25, 0.3) is 0 Å². The van der Waals surface area contributed by atoms with Crippen LogP contribution in [0, 0.1) is 5.82 Å². The Morgan fingerprint density at radius 1 is 1.37 bits per heavy atom. The number of hydrogen-bond acceptors (Lipinski definition) is 3. The highest BCUT2D eigenvalue weighted by molar-refractivity contribution is 14.0. The molecule has 1 aromatic rings. The van der Waals surface area contributed by atoms with Crippen molar-refractivity contribution in [2.24, 2.45) is 4.99 Å². The molecule has 2 N–H and O–H groups in total. The molecule has 1 aliphatic heterocycles. The number of guanidine groups is 1. The molecule has 0 amide bonds. The van der Waals surface area contributed by atoms with Crippen LogP contribution in [0.4, 0.5) is 4.39 Å². The number of hydrogen-bond donors (Lipinski definition) is 2. The quantitative estimate of drug-likeness (QED) is 0.798. The standard InChI is InChI=1S/C14H18FN3.HI/c15-13-8-11(10-2-3-10)4-5-12(13)9-18-14-16-6-1-7-17-14;/h4-5,8,10H,1-3,6-7,9H2,(H2,16,17,18);1H. The van der Waals surface area contributed by atoms with Gasteiger partial charge in [0.15, 0.2) is 5.96 Å². The van der Waals surface area contributed by atoms with Crippen molar-refractivity contribution in [3.63, 3.8) is 0 Å². The zero-order chi connectivity index (χ0) is 12.4. The van der Waals surface area contributed by atoms with Gasteiger partial charge in [-0.15, -0.1) is 24.0 Å². The van der Waals surface area contributed by atoms with Gasteiger partial charge < -0.3 is 10.6 Å². The maximum atomic E-state index is 13.9. The van der Waals surface area contributed by atoms with Crippen molar-refractivity contribution in [1.29, 1.82) is 0 Å². The summed E-state index contributed by atoms with van der Waals surface area (Å²) in [6.07, 6.45) is 3.48. The summed E-state index contributed by atoms with van der Waals surface area (Å²) in [6.45, 7) is 2.27. The lowest BCUT2D eigenvalue weighted by atomic mass is 10.1. The summed E-state index contributed by atoms with van der Waals surface area (Å²) in [5, 5.41) is 6.31.